The molecule has 1 aromatic heterocycles. The fourth-order valence-corrected chi connectivity index (χ4v) is 5.94. The van der Waals surface area contributed by atoms with Crippen LogP contribution in [-0.4, -0.2) is 68.4 Å². The van der Waals surface area contributed by atoms with Crippen LogP contribution in [0.2, 0.25) is 4.34 Å². The minimum Gasteiger partial charge on any atom is -0.346 e. The van der Waals surface area contributed by atoms with Crippen molar-refractivity contribution in [1.82, 2.24) is 14.9 Å². The molecule has 0 aliphatic carbocycles. The van der Waals surface area contributed by atoms with E-state index in [-0.39, 0.29) is 24.9 Å². The number of hydrogen-bond acceptors (Lipinski definition) is 6. The van der Waals surface area contributed by atoms with Gasteiger partial charge in [0.1, 0.15) is 0 Å². The molecule has 0 bridgehead atoms. The molecule has 2 saturated heterocycles. The lowest BCUT2D eigenvalue weighted by Gasteiger charge is -2.27. The Bertz CT molecular complexity index is 1200. The maximum Gasteiger partial charge on any atom is 0.261 e. The summed E-state index contributed by atoms with van der Waals surface area (Å²) in [5, 5.41) is 5.68. The van der Waals surface area contributed by atoms with E-state index in [1.807, 2.05) is 0 Å². The van der Waals surface area contributed by atoms with Crippen molar-refractivity contribution >= 4 is 56.4 Å². The summed E-state index contributed by atoms with van der Waals surface area (Å²) in [7, 11) is -3.51. The van der Waals surface area contributed by atoms with Gasteiger partial charge < -0.3 is 15.5 Å². The molecule has 0 saturated carbocycles. The monoisotopic (exact) mass is 524 g/mol. The molecule has 4 rings (SSSR count). The fraction of sp³-hybridized carbons (Fsp3) is 0.409. The van der Waals surface area contributed by atoms with Gasteiger partial charge in [-0.2, -0.15) is 4.31 Å². The Hall–Kier alpha value is -2.47. The number of benzene rings is 1. The van der Waals surface area contributed by atoms with Gasteiger partial charge in [0, 0.05) is 37.3 Å². The van der Waals surface area contributed by atoms with Gasteiger partial charge >= 0.3 is 0 Å². The first-order valence-electron chi connectivity index (χ1n) is 10.8. The van der Waals surface area contributed by atoms with Crippen molar-refractivity contribution in [2.75, 3.05) is 30.8 Å². The zero-order valence-electron chi connectivity index (χ0n) is 18.5. The summed E-state index contributed by atoms with van der Waals surface area (Å²) in [6.07, 6.45) is 3.44. The summed E-state index contributed by atoms with van der Waals surface area (Å²) in [6, 6.07) is 8.70. The van der Waals surface area contributed by atoms with Gasteiger partial charge in [0.25, 0.3) is 11.8 Å². The number of piperidine rings is 1. The summed E-state index contributed by atoms with van der Waals surface area (Å²) in [6.45, 7) is 0.746. The molecule has 2 N–H and O–H groups in total. The number of rotatable bonds is 6. The van der Waals surface area contributed by atoms with E-state index in [1.165, 1.54) is 4.31 Å². The van der Waals surface area contributed by atoms with Gasteiger partial charge in [-0.25, -0.2) is 8.42 Å². The molecule has 182 valence electrons. The maximum atomic E-state index is 12.9. The molecule has 12 heteroatoms. The Balaban J connectivity index is 1.46. The highest BCUT2D eigenvalue weighted by atomic mass is 35.5. The SMILES string of the molecule is CS(=O)(=O)N1C[C@@H](NC(=O)c2ccc(N3CCCCC3=O)cc2)[C@H](NC(=O)c2ccc(Cl)s2)C1. The Kier molecular flexibility index (Phi) is 7.27. The predicted molar refractivity (Wildman–Crippen MR) is 131 cm³/mol. The second-order valence-electron chi connectivity index (χ2n) is 8.39. The quantitative estimate of drug-likeness (QED) is 0.600. The zero-order chi connectivity index (χ0) is 24.5. The minimum atomic E-state index is -3.51. The standard InChI is InChI=1S/C22H25ClN4O5S2/c1-34(31,32)26-12-16(17(13-26)25-22(30)18-9-10-19(23)33-18)24-21(29)14-5-7-15(8-6-14)27-11-3-2-4-20(27)28/h5-10,16-17H,2-4,11-13H2,1H3,(H,24,29)(H,25,30)/t16-,17-/m1/s1. The fourth-order valence-electron chi connectivity index (χ4n) is 4.13. The molecular formula is C22H25ClN4O5S2. The van der Waals surface area contributed by atoms with Crippen molar-refractivity contribution in [2.24, 2.45) is 0 Å². The van der Waals surface area contributed by atoms with Gasteiger partial charge in [0.2, 0.25) is 15.9 Å². The van der Waals surface area contributed by atoms with Crippen LogP contribution in [-0.2, 0) is 14.8 Å². The van der Waals surface area contributed by atoms with E-state index in [9.17, 15) is 22.8 Å². The van der Waals surface area contributed by atoms with Gasteiger partial charge in [-0.05, 0) is 49.2 Å². The molecule has 2 aromatic rings. The van der Waals surface area contributed by atoms with Gasteiger partial charge in [-0.1, -0.05) is 11.6 Å². The lowest BCUT2D eigenvalue weighted by Crippen LogP contribution is -2.50. The number of hydrogen-bond donors (Lipinski definition) is 2. The number of sulfonamides is 1. The van der Waals surface area contributed by atoms with Crippen LogP contribution in [0, 0.1) is 0 Å². The summed E-state index contributed by atoms with van der Waals surface area (Å²) in [5.74, 6) is -0.705. The highest BCUT2D eigenvalue weighted by Gasteiger charge is 2.39. The third-order valence-electron chi connectivity index (χ3n) is 5.95. The highest BCUT2D eigenvalue weighted by Crippen LogP contribution is 2.23. The van der Waals surface area contributed by atoms with Crippen LogP contribution in [0.15, 0.2) is 36.4 Å². The smallest absolute Gasteiger partial charge is 0.261 e. The van der Waals surface area contributed by atoms with E-state index in [1.54, 1.807) is 41.3 Å². The number of carbonyl (C=O) groups is 3. The van der Waals surface area contributed by atoms with Crippen LogP contribution in [0.25, 0.3) is 0 Å². The first kappa shape index (κ1) is 24.6. The molecule has 1 aromatic carbocycles. The van der Waals surface area contributed by atoms with Crippen LogP contribution in [0.5, 0.6) is 0 Å². The van der Waals surface area contributed by atoms with Crippen molar-refractivity contribution in [2.45, 2.75) is 31.3 Å². The van der Waals surface area contributed by atoms with Gasteiger partial charge in [-0.15, -0.1) is 11.3 Å². The Labute approximate surface area is 207 Å². The molecule has 34 heavy (non-hydrogen) atoms. The van der Waals surface area contributed by atoms with Crippen molar-refractivity contribution in [3.63, 3.8) is 0 Å². The van der Waals surface area contributed by atoms with Crippen LogP contribution < -0.4 is 15.5 Å². The first-order valence-corrected chi connectivity index (χ1v) is 13.9. The van der Waals surface area contributed by atoms with Crippen molar-refractivity contribution < 1.29 is 22.8 Å². The molecule has 3 heterocycles. The highest BCUT2D eigenvalue weighted by molar-refractivity contribution is 7.88. The number of anilines is 1. The zero-order valence-corrected chi connectivity index (χ0v) is 20.9. The van der Waals surface area contributed by atoms with E-state index >= 15 is 0 Å². The minimum absolute atomic E-state index is 0.0427. The van der Waals surface area contributed by atoms with Crippen molar-refractivity contribution in [3.05, 3.63) is 51.2 Å². The maximum absolute atomic E-state index is 12.9. The molecular weight excluding hydrogens is 500 g/mol. The molecule has 0 spiro atoms. The normalized spacial score (nSPS) is 21.5. The number of amides is 3. The van der Waals surface area contributed by atoms with Gasteiger partial charge in [-0.3, -0.25) is 14.4 Å². The number of nitrogens with one attached hydrogen (secondary N) is 2. The third-order valence-corrected chi connectivity index (χ3v) is 8.42. The average Bonchev–Trinajstić information content (AvgIpc) is 3.40. The van der Waals surface area contributed by atoms with Crippen LogP contribution >= 0.6 is 22.9 Å². The number of carbonyl (C=O) groups excluding carboxylic acids is 3. The van der Waals surface area contributed by atoms with Gasteiger partial charge in [0.15, 0.2) is 0 Å². The lowest BCUT2D eigenvalue weighted by atomic mass is 10.1. The van der Waals surface area contributed by atoms with E-state index in [0.717, 1.165) is 36.1 Å². The lowest BCUT2D eigenvalue weighted by molar-refractivity contribution is -0.119. The Morgan fingerprint density at radius 3 is 2.21 bits per heavy atom. The Morgan fingerprint density at radius 1 is 1.00 bits per heavy atom. The molecule has 2 aliphatic rings. The van der Waals surface area contributed by atoms with Crippen LogP contribution in [0.3, 0.4) is 0 Å². The van der Waals surface area contributed by atoms with E-state index in [0.29, 0.717) is 27.7 Å². The van der Waals surface area contributed by atoms with E-state index in [2.05, 4.69) is 10.6 Å². The van der Waals surface area contributed by atoms with Crippen molar-refractivity contribution in [3.8, 4) is 0 Å². The predicted octanol–water partition coefficient (Wildman–Crippen LogP) is 2.09. The molecule has 0 unspecified atom stereocenters. The average molecular weight is 525 g/mol. The molecule has 3 amide bonds. The Morgan fingerprint density at radius 2 is 1.65 bits per heavy atom. The third kappa shape index (κ3) is 5.60. The number of nitrogens with zero attached hydrogens (tertiary/aromatic N) is 2. The first-order chi connectivity index (χ1) is 16.1. The number of thiophene rings is 1. The summed E-state index contributed by atoms with van der Waals surface area (Å²) < 4.78 is 25.9. The van der Waals surface area contributed by atoms with E-state index < -0.39 is 28.0 Å². The summed E-state index contributed by atoms with van der Waals surface area (Å²) in [5.41, 5.74) is 1.12. The van der Waals surface area contributed by atoms with Gasteiger partial charge in [0.05, 0.1) is 27.6 Å². The second kappa shape index (κ2) is 10.0. The molecule has 2 aliphatic heterocycles. The largest absolute Gasteiger partial charge is 0.346 e. The van der Waals surface area contributed by atoms with Crippen LogP contribution in [0.4, 0.5) is 5.69 Å². The number of halogens is 1. The summed E-state index contributed by atoms with van der Waals surface area (Å²) in [4.78, 5) is 39.8. The molecule has 9 nitrogen and oxygen atoms in total. The molecule has 2 atom stereocenters. The van der Waals surface area contributed by atoms with E-state index in [4.69, 9.17) is 11.6 Å². The topological polar surface area (TPSA) is 116 Å². The van der Waals surface area contributed by atoms with Crippen molar-refractivity contribution in [1.29, 1.82) is 0 Å². The van der Waals surface area contributed by atoms with Crippen LogP contribution in [0.1, 0.15) is 39.3 Å². The second-order valence-corrected chi connectivity index (χ2v) is 12.1. The molecule has 2 fully saturated rings. The summed E-state index contributed by atoms with van der Waals surface area (Å²) >= 11 is 7.03. The molecule has 0 radical (unpaired) electrons.